The number of aliphatic carboxylic acids is 1. The first-order valence-corrected chi connectivity index (χ1v) is 13.3. The van der Waals surface area contributed by atoms with E-state index < -0.39 is 53.7 Å². The number of benzene rings is 1. The predicted molar refractivity (Wildman–Crippen MR) is 143 cm³/mol. The number of hydrogen-bond acceptors (Lipinski definition) is 6. The van der Waals surface area contributed by atoms with E-state index in [1.807, 2.05) is 0 Å². The van der Waals surface area contributed by atoms with Gasteiger partial charge in [0.05, 0.1) is 23.0 Å². The molecule has 1 aliphatic carbocycles. The first-order chi connectivity index (χ1) is 18.3. The normalized spacial score (nSPS) is 21.6. The Bertz CT molecular complexity index is 1170. The molecule has 212 valence electrons. The van der Waals surface area contributed by atoms with E-state index in [1.54, 1.807) is 33.8 Å². The fraction of sp³-hybridized carbons (Fsp3) is 0.556. The largest absolute Gasteiger partial charge is 0.481 e. The summed E-state index contributed by atoms with van der Waals surface area (Å²) in [6.07, 6.45) is 2.12. The Morgan fingerprint density at radius 2 is 1.85 bits per heavy atom. The number of hydrogen-bond donors (Lipinski definition) is 4. The summed E-state index contributed by atoms with van der Waals surface area (Å²) >= 11 is 6.34. The van der Waals surface area contributed by atoms with Gasteiger partial charge >= 0.3 is 5.97 Å². The summed E-state index contributed by atoms with van der Waals surface area (Å²) in [7, 11) is 0. The summed E-state index contributed by atoms with van der Waals surface area (Å²) < 4.78 is 0. The Morgan fingerprint density at radius 3 is 2.41 bits per heavy atom. The second-order valence-electron chi connectivity index (χ2n) is 11.1. The Morgan fingerprint density at radius 1 is 1.15 bits per heavy atom. The number of carboxylic acids is 1. The average molecular weight is 563 g/mol. The van der Waals surface area contributed by atoms with E-state index in [2.05, 4.69) is 16.0 Å². The molecular weight excluding hydrogens is 528 g/mol. The Labute approximate surface area is 232 Å². The molecule has 4 N–H and O–H groups in total. The van der Waals surface area contributed by atoms with Crippen LogP contribution in [0.3, 0.4) is 0 Å². The van der Waals surface area contributed by atoms with Crippen molar-refractivity contribution in [2.75, 3.05) is 5.32 Å². The van der Waals surface area contributed by atoms with Crippen LogP contribution in [-0.2, 0) is 24.0 Å². The summed E-state index contributed by atoms with van der Waals surface area (Å²) in [5, 5.41) is 17.0. The van der Waals surface area contributed by atoms with Gasteiger partial charge in [-0.25, -0.2) is 0 Å². The molecule has 39 heavy (non-hydrogen) atoms. The maximum atomic E-state index is 14.0. The van der Waals surface area contributed by atoms with Crippen LogP contribution in [0.15, 0.2) is 18.2 Å². The topological polar surface area (TPSA) is 162 Å². The van der Waals surface area contributed by atoms with Crippen LogP contribution in [0.5, 0.6) is 0 Å². The highest BCUT2D eigenvalue weighted by Crippen LogP contribution is 2.43. The molecule has 2 aliphatic rings. The van der Waals surface area contributed by atoms with Gasteiger partial charge in [-0.05, 0) is 48.8 Å². The third-order valence-electron chi connectivity index (χ3n) is 7.20. The van der Waals surface area contributed by atoms with Gasteiger partial charge in [0.25, 0.3) is 5.91 Å². The summed E-state index contributed by atoms with van der Waals surface area (Å²) in [4.78, 5) is 76.0. The minimum atomic E-state index is -1.23. The molecule has 0 radical (unpaired) electrons. The van der Waals surface area contributed by atoms with Crippen LogP contribution >= 0.6 is 11.6 Å². The molecule has 5 unspecified atom stereocenters. The van der Waals surface area contributed by atoms with Crippen molar-refractivity contribution in [2.24, 2.45) is 11.3 Å². The van der Waals surface area contributed by atoms with Crippen LogP contribution in [0.2, 0.25) is 5.02 Å². The van der Waals surface area contributed by atoms with E-state index >= 15 is 0 Å². The van der Waals surface area contributed by atoms with E-state index in [0.717, 1.165) is 6.42 Å². The molecule has 0 spiro atoms. The number of aldehydes is 1. The zero-order chi connectivity index (χ0) is 29.1. The lowest BCUT2D eigenvalue weighted by Crippen LogP contribution is -2.61. The van der Waals surface area contributed by atoms with Crippen LogP contribution in [0.4, 0.5) is 5.69 Å². The third kappa shape index (κ3) is 6.95. The molecule has 2 fully saturated rings. The number of halogens is 1. The smallest absolute Gasteiger partial charge is 0.305 e. The quantitative estimate of drug-likeness (QED) is 0.318. The average Bonchev–Trinajstić information content (AvgIpc) is 3.47. The fourth-order valence-corrected chi connectivity index (χ4v) is 5.53. The van der Waals surface area contributed by atoms with Crippen LogP contribution in [0.25, 0.3) is 0 Å². The lowest BCUT2D eigenvalue weighted by molar-refractivity contribution is -0.147. The zero-order valence-electron chi connectivity index (χ0n) is 22.5. The second-order valence-corrected chi connectivity index (χ2v) is 11.5. The molecule has 1 aliphatic heterocycles. The van der Waals surface area contributed by atoms with Gasteiger partial charge in [0.2, 0.25) is 17.7 Å². The first-order valence-electron chi connectivity index (χ1n) is 13.0. The molecule has 1 saturated carbocycles. The number of carboxylic acid groups (broad SMARTS) is 1. The maximum Gasteiger partial charge on any atom is 0.305 e. The first kappa shape index (κ1) is 30.1. The predicted octanol–water partition coefficient (Wildman–Crippen LogP) is 2.37. The van der Waals surface area contributed by atoms with E-state index in [-0.39, 0.29) is 34.9 Å². The molecular formula is C27H35ClN4O7. The number of piperidine rings is 1. The molecule has 3 rings (SSSR count). The molecule has 5 atom stereocenters. The lowest BCUT2D eigenvalue weighted by Gasteiger charge is -2.40. The fourth-order valence-electron chi connectivity index (χ4n) is 5.27. The molecule has 1 aromatic rings. The van der Waals surface area contributed by atoms with Gasteiger partial charge < -0.3 is 30.8 Å². The Balaban J connectivity index is 1.83. The molecule has 1 aromatic carbocycles. The third-order valence-corrected chi connectivity index (χ3v) is 7.51. The van der Waals surface area contributed by atoms with Gasteiger partial charge in [0.15, 0.2) is 0 Å². The zero-order valence-corrected chi connectivity index (χ0v) is 23.2. The van der Waals surface area contributed by atoms with Crippen molar-refractivity contribution in [1.29, 1.82) is 0 Å². The van der Waals surface area contributed by atoms with Gasteiger partial charge in [-0.15, -0.1) is 0 Å². The van der Waals surface area contributed by atoms with E-state index in [4.69, 9.17) is 16.7 Å². The van der Waals surface area contributed by atoms with Crippen molar-refractivity contribution in [1.82, 2.24) is 15.5 Å². The van der Waals surface area contributed by atoms with Crippen LogP contribution < -0.4 is 16.0 Å². The van der Waals surface area contributed by atoms with Crippen molar-refractivity contribution in [3.63, 3.8) is 0 Å². The van der Waals surface area contributed by atoms with Crippen molar-refractivity contribution >= 4 is 53.2 Å². The standard InChI is InChI=1S/C27H35ClN4O7/c1-5-20(34)29-15-7-9-18(19(28)11-15)24(37)31-23(27(2,3)4)26(39)32-17-8-6-14(10-17)22(32)25(38)30-16(13-33)12-21(35)36/h7,9,11,13-14,16-17,22-23H,5-6,8,10,12H2,1-4H3,(H,29,34)(H,30,38)(H,31,37)(H,35,36). The van der Waals surface area contributed by atoms with Crippen LogP contribution in [0, 0.1) is 11.3 Å². The van der Waals surface area contributed by atoms with Gasteiger partial charge in [-0.2, -0.15) is 0 Å². The SMILES string of the molecule is CCC(=O)Nc1ccc(C(=O)NC(C(=O)N2C3CCC(C3)C2C(=O)NC(C=O)CC(=O)O)C(C)(C)C)c(Cl)c1. The summed E-state index contributed by atoms with van der Waals surface area (Å²) in [5.74, 6) is -3.18. The summed E-state index contributed by atoms with van der Waals surface area (Å²) in [6, 6.07) is 1.15. The number of likely N-dealkylation sites (tertiary alicyclic amines) is 1. The number of amides is 4. The molecule has 12 heteroatoms. The monoisotopic (exact) mass is 562 g/mol. The summed E-state index contributed by atoms with van der Waals surface area (Å²) in [6.45, 7) is 7.08. The number of rotatable bonds is 10. The summed E-state index contributed by atoms with van der Waals surface area (Å²) in [5.41, 5.74) is -0.190. The van der Waals surface area contributed by atoms with Crippen LogP contribution in [-0.4, -0.2) is 70.1 Å². The highest BCUT2D eigenvalue weighted by molar-refractivity contribution is 6.34. The molecule has 2 bridgehead atoms. The highest BCUT2D eigenvalue weighted by atomic mass is 35.5. The second kappa shape index (κ2) is 12.1. The van der Waals surface area contributed by atoms with Gasteiger partial charge in [-0.3, -0.25) is 24.0 Å². The van der Waals surface area contributed by atoms with Crippen molar-refractivity contribution in [3.8, 4) is 0 Å². The van der Waals surface area contributed by atoms with E-state index in [9.17, 15) is 28.8 Å². The van der Waals surface area contributed by atoms with Crippen molar-refractivity contribution < 1.29 is 33.9 Å². The Hall–Kier alpha value is -3.47. The number of carbonyl (C=O) groups excluding carboxylic acids is 5. The number of nitrogens with zero attached hydrogens (tertiary/aromatic N) is 1. The van der Waals surface area contributed by atoms with Gasteiger partial charge in [0.1, 0.15) is 18.4 Å². The maximum absolute atomic E-state index is 14.0. The number of anilines is 1. The minimum Gasteiger partial charge on any atom is -0.481 e. The minimum absolute atomic E-state index is 0.0948. The Kier molecular flexibility index (Phi) is 9.37. The lowest BCUT2D eigenvalue weighted by atomic mass is 9.84. The molecule has 11 nitrogen and oxygen atoms in total. The van der Waals surface area contributed by atoms with E-state index in [1.165, 1.54) is 17.0 Å². The molecule has 0 aromatic heterocycles. The molecule has 1 heterocycles. The van der Waals surface area contributed by atoms with Crippen molar-refractivity contribution in [3.05, 3.63) is 28.8 Å². The number of carbonyl (C=O) groups is 6. The molecule has 1 saturated heterocycles. The van der Waals surface area contributed by atoms with Crippen LogP contribution in [0.1, 0.15) is 70.2 Å². The molecule has 4 amide bonds. The van der Waals surface area contributed by atoms with Crippen molar-refractivity contribution in [2.45, 2.75) is 84.0 Å². The highest BCUT2D eigenvalue weighted by Gasteiger charge is 2.53. The van der Waals surface area contributed by atoms with E-state index in [0.29, 0.717) is 24.8 Å². The van der Waals surface area contributed by atoms with Gasteiger partial charge in [0, 0.05) is 18.2 Å². The van der Waals surface area contributed by atoms with Gasteiger partial charge in [-0.1, -0.05) is 39.3 Å². The number of nitrogens with one attached hydrogen (secondary N) is 3. The number of fused-ring (bicyclic) bond motifs is 2.